The molecule has 1 aromatic heterocycles. The van der Waals surface area contributed by atoms with Gasteiger partial charge in [-0.1, -0.05) is 20.8 Å². The van der Waals surface area contributed by atoms with Crippen molar-refractivity contribution in [2.24, 2.45) is 0 Å². The molecule has 0 aliphatic carbocycles. The molecule has 13 heavy (non-hydrogen) atoms. The van der Waals surface area contributed by atoms with Crippen molar-refractivity contribution in [3.8, 4) is 0 Å². The molecule has 1 unspecified atom stereocenters. The second-order valence-corrected chi connectivity index (χ2v) is 4.27. The molecule has 0 saturated carbocycles. The average Bonchev–Trinajstić information content (AvgIpc) is 2.60. The van der Waals surface area contributed by atoms with E-state index in [0.29, 0.717) is 5.92 Å². The summed E-state index contributed by atoms with van der Waals surface area (Å²) < 4.78 is 2.20. The third kappa shape index (κ3) is 1.38. The Kier molecular flexibility index (Phi) is 2.14. The van der Waals surface area contributed by atoms with Gasteiger partial charge in [0.05, 0.1) is 5.69 Å². The van der Waals surface area contributed by atoms with Gasteiger partial charge in [0.1, 0.15) is 0 Å². The lowest BCUT2D eigenvalue weighted by Gasteiger charge is -2.02. The van der Waals surface area contributed by atoms with Gasteiger partial charge in [0, 0.05) is 18.2 Å². The van der Waals surface area contributed by atoms with Crippen LogP contribution in [0, 0.1) is 0 Å². The smallest absolute Gasteiger partial charge is 0.0652 e. The first kappa shape index (κ1) is 8.79. The van der Waals surface area contributed by atoms with Crippen molar-refractivity contribution >= 4 is 0 Å². The third-order valence-electron chi connectivity index (χ3n) is 3.02. The number of aromatic nitrogens is 2. The Balaban J connectivity index is 2.31. The predicted molar refractivity (Wildman–Crippen MR) is 54.0 cm³/mol. The molecule has 2 rings (SSSR count). The van der Waals surface area contributed by atoms with E-state index in [4.69, 9.17) is 0 Å². The molecule has 2 heteroatoms. The summed E-state index contributed by atoms with van der Waals surface area (Å²) in [4.78, 5) is 0. The minimum Gasteiger partial charge on any atom is -0.269 e. The van der Waals surface area contributed by atoms with Crippen LogP contribution < -0.4 is 0 Å². The fourth-order valence-electron chi connectivity index (χ4n) is 2.08. The molecule has 0 fully saturated rings. The lowest BCUT2D eigenvalue weighted by Crippen LogP contribution is -1.96. The molecule has 0 bridgehead atoms. The van der Waals surface area contributed by atoms with E-state index in [9.17, 15) is 0 Å². The summed E-state index contributed by atoms with van der Waals surface area (Å²) in [5, 5.41) is 4.61. The van der Waals surface area contributed by atoms with Crippen LogP contribution in [-0.4, -0.2) is 9.78 Å². The molecule has 0 radical (unpaired) electrons. The molecule has 1 aromatic rings. The van der Waals surface area contributed by atoms with Gasteiger partial charge < -0.3 is 0 Å². The maximum Gasteiger partial charge on any atom is 0.0652 e. The van der Waals surface area contributed by atoms with E-state index in [0.717, 1.165) is 12.5 Å². The van der Waals surface area contributed by atoms with Crippen molar-refractivity contribution < 1.29 is 0 Å². The van der Waals surface area contributed by atoms with Gasteiger partial charge in [0.15, 0.2) is 0 Å². The standard InChI is InChI=1S/C11H18N2/c1-4-9-5-6-13-11(9)7-10(12-13)8(2)3/h7-9H,4-6H2,1-3H3. The second-order valence-electron chi connectivity index (χ2n) is 4.27. The summed E-state index contributed by atoms with van der Waals surface area (Å²) in [5.41, 5.74) is 2.72. The van der Waals surface area contributed by atoms with Crippen LogP contribution in [0.15, 0.2) is 6.07 Å². The Morgan fingerprint density at radius 3 is 3.00 bits per heavy atom. The van der Waals surface area contributed by atoms with Crippen molar-refractivity contribution in [1.29, 1.82) is 0 Å². The van der Waals surface area contributed by atoms with E-state index in [1.54, 1.807) is 0 Å². The van der Waals surface area contributed by atoms with E-state index in [-0.39, 0.29) is 0 Å². The fourth-order valence-corrected chi connectivity index (χ4v) is 2.08. The Hall–Kier alpha value is -0.790. The first-order valence-corrected chi connectivity index (χ1v) is 5.30. The van der Waals surface area contributed by atoms with Gasteiger partial charge in [-0.05, 0) is 24.8 Å². The molecule has 72 valence electrons. The van der Waals surface area contributed by atoms with Gasteiger partial charge in [0.2, 0.25) is 0 Å². The Morgan fingerprint density at radius 1 is 1.62 bits per heavy atom. The minimum atomic E-state index is 0.565. The zero-order valence-corrected chi connectivity index (χ0v) is 8.75. The van der Waals surface area contributed by atoms with Gasteiger partial charge >= 0.3 is 0 Å². The Labute approximate surface area is 80.0 Å². The fraction of sp³-hybridized carbons (Fsp3) is 0.727. The minimum absolute atomic E-state index is 0.565. The number of aryl methyl sites for hydroxylation is 1. The summed E-state index contributed by atoms with van der Waals surface area (Å²) in [6.45, 7) is 7.81. The van der Waals surface area contributed by atoms with Crippen LogP contribution in [0.5, 0.6) is 0 Å². The molecular weight excluding hydrogens is 160 g/mol. The molecule has 1 atom stereocenters. The summed E-state index contributed by atoms with van der Waals surface area (Å²) in [6.07, 6.45) is 2.54. The SMILES string of the molecule is CCC1CCn2nc(C(C)C)cc21. The highest BCUT2D eigenvalue weighted by atomic mass is 15.3. The average molecular weight is 178 g/mol. The number of rotatable bonds is 2. The van der Waals surface area contributed by atoms with Crippen LogP contribution in [-0.2, 0) is 6.54 Å². The van der Waals surface area contributed by atoms with Crippen LogP contribution in [0.3, 0.4) is 0 Å². The van der Waals surface area contributed by atoms with Crippen LogP contribution in [0.1, 0.15) is 56.8 Å². The lowest BCUT2D eigenvalue weighted by atomic mass is 10.0. The number of fused-ring (bicyclic) bond motifs is 1. The molecule has 1 aliphatic heterocycles. The molecule has 0 N–H and O–H groups in total. The van der Waals surface area contributed by atoms with Gasteiger partial charge in [-0.15, -0.1) is 0 Å². The zero-order valence-electron chi connectivity index (χ0n) is 8.75. The third-order valence-corrected chi connectivity index (χ3v) is 3.02. The van der Waals surface area contributed by atoms with Crippen LogP contribution in [0.4, 0.5) is 0 Å². The van der Waals surface area contributed by atoms with Gasteiger partial charge in [-0.2, -0.15) is 5.10 Å². The first-order valence-electron chi connectivity index (χ1n) is 5.30. The van der Waals surface area contributed by atoms with Crippen molar-refractivity contribution in [2.75, 3.05) is 0 Å². The Morgan fingerprint density at radius 2 is 2.38 bits per heavy atom. The van der Waals surface area contributed by atoms with Crippen molar-refractivity contribution in [3.05, 3.63) is 17.5 Å². The molecule has 1 aliphatic rings. The monoisotopic (exact) mass is 178 g/mol. The summed E-state index contributed by atoms with van der Waals surface area (Å²) in [6, 6.07) is 2.30. The van der Waals surface area contributed by atoms with E-state index in [2.05, 4.69) is 36.6 Å². The first-order chi connectivity index (χ1) is 6.22. The molecule has 2 nitrogen and oxygen atoms in total. The normalized spacial score (nSPS) is 21.1. The summed E-state index contributed by atoms with van der Waals surface area (Å²) >= 11 is 0. The quantitative estimate of drug-likeness (QED) is 0.681. The number of nitrogens with zero attached hydrogens (tertiary/aromatic N) is 2. The number of hydrogen-bond acceptors (Lipinski definition) is 1. The highest BCUT2D eigenvalue weighted by molar-refractivity contribution is 5.19. The summed E-state index contributed by atoms with van der Waals surface area (Å²) in [5.74, 6) is 1.33. The van der Waals surface area contributed by atoms with Gasteiger partial charge in [0.25, 0.3) is 0 Å². The molecule has 0 spiro atoms. The predicted octanol–water partition coefficient (Wildman–Crippen LogP) is 2.90. The van der Waals surface area contributed by atoms with Crippen molar-refractivity contribution in [2.45, 2.75) is 52.0 Å². The van der Waals surface area contributed by atoms with Crippen molar-refractivity contribution in [1.82, 2.24) is 9.78 Å². The molecule has 0 amide bonds. The van der Waals surface area contributed by atoms with E-state index >= 15 is 0 Å². The van der Waals surface area contributed by atoms with Gasteiger partial charge in [-0.25, -0.2) is 0 Å². The van der Waals surface area contributed by atoms with Crippen LogP contribution in [0.25, 0.3) is 0 Å². The molecular formula is C11H18N2. The van der Waals surface area contributed by atoms with Crippen LogP contribution >= 0.6 is 0 Å². The van der Waals surface area contributed by atoms with E-state index in [1.165, 1.54) is 24.2 Å². The number of hydrogen-bond donors (Lipinski definition) is 0. The highest BCUT2D eigenvalue weighted by Crippen LogP contribution is 2.32. The zero-order chi connectivity index (χ0) is 9.42. The summed E-state index contributed by atoms with van der Waals surface area (Å²) in [7, 11) is 0. The largest absolute Gasteiger partial charge is 0.269 e. The molecule has 0 saturated heterocycles. The van der Waals surface area contributed by atoms with Crippen LogP contribution in [0.2, 0.25) is 0 Å². The second kappa shape index (κ2) is 3.17. The van der Waals surface area contributed by atoms with E-state index in [1.807, 2.05) is 0 Å². The molecule has 2 heterocycles. The maximum absolute atomic E-state index is 4.61. The van der Waals surface area contributed by atoms with Crippen molar-refractivity contribution in [3.63, 3.8) is 0 Å². The highest BCUT2D eigenvalue weighted by Gasteiger charge is 2.23. The lowest BCUT2D eigenvalue weighted by molar-refractivity contribution is 0.606. The molecule has 0 aromatic carbocycles. The Bertz CT molecular complexity index is 299. The topological polar surface area (TPSA) is 17.8 Å². The van der Waals surface area contributed by atoms with Gasteiger partial charge in [-0.3, -0.25) is 4.68 Å². The maximum atomic E-state index is 4.61. The van der Waals surface area contributed by atoms with E-state index < -0.39 is 0 Å².